The van der Waals surface area contributed by atoms with Crippen molar-refractivity contribution in [3.8, 4) is 0 Å². The third kappa shape index (κ3) is 4.07. The number of aryl methyl sites for hydroxylation is 2. The average molecular weight is 263 g/mol. The van der Waals surface area contributed by atoms with Crippen LogP contribution in [0.2, 0.25) is 0 Å². The van der Waals surface area contributed by atoms with Crippen LogP contribution in [0.3, 0.4) is 0 Å². The van der Waals surface area contributed by atoms with Crippen LogP contribution in [0.25, 0.3) is 0 Å². The van der Waals surface area contributed by atoms with Crippen molar-refractivity contribution >= 4 is 0 Å². The normalized spacial score (nSPS) is 19.4. The second-order valence-corrected chi connectivity index (χ2v) is 7.49. The molecule has 1 atom stereocenters. The third-order valence-corrected chi connectivity index (χ3v) is 4.43. The highest BCUT2D eigenvalue weighted by atomic mass is 15.0. The van der Waals surface area contributed by atoms with Gasteiger partial charge in [-0.25, -0.2) is 4.98 Å². The van der Waals surface area contributed by atoms with Gasteiger partial charge >= 0.3 is 0 Å². The van der Waals surface area contributed by atoms with Crippen LogP contribution in [-0.4, -0.2) is 21.6 Å². The summed E-state index contributed by atoms with van der Waals surface area (Å²) in [6.07, 6.45) is 9.06. The average Bonchev–Trinajstić information content (AvgIpc) is 3.08. The fourth-order valence-electron chi connectivity index (χ4n) is 2.72. The molecule has 1 N–H and O–H groups in total. The van der Waals surface area contributed by atoms with Crippen molar-refractivity contribution in [3.63, 3.8) is 0 Å². The summed E-state index contributed by atoms with van der Waals surface area (Å²) >= 11 is 0. The Kier molecular flexibility index (Phi) is 4.05. The Hall–Kier alpha value is -0.830. The van der Waals surface area contributed by atoms with Gasteiger partial charge in [0.05, 0.1) is 0 Å². The van der Waals surface area contributed by atoms with Crippen LogP contribution in [0.5, 0.6) is 0 Å². The van der Waals surface area contributed by atoms with Gasteiger partial charge in [0.15, 0.2) is 0 Å². The van der Waals surface area contributed by atoms with Crippen LogP contribution in [0, 0.1) is 11.3 Å². The standard InChI is InChI=1S/C16H29N3/c1-15(2,3)18-12-16(4,13-6-7-13)9-8-14-17-10-11-19(14)5/h10-11,13,18H,6-9,12H2,1-5H3. The molecule has 1 aromatic rings. The summed E-state index contributed by atoms with van der Waals surface area (Å²) in [6, 6.07) is 0. The van der Waals surface area contributed by atoms with Crippen molar-refractivity contribution in [2.75, 3.05) is 6.54 Å². The summed E-state index contributed by atoms with van der Waals surface area (Å²) in [4.78, 5) is 4.45. The molecule has 0 bridgehead atoms. The van der Waals surface area contributed by atoms with Crippen LogP contribution in [-0.2, 0) is 13.5 Å². The molecule has 2 rings (SSSR count). The zero-order valence-corrected chi connectivity index (χ0v) is 13.2. The van der Waals surface area contributed by atoms with Crippen molar-refractivity contribution in [1.29, 1.82) is 0 Å². The fraction of sp³-hybridized carbons (Fsp3) is 0.812. The van der Waals surface area contributed by atoms with Crippen LogP contribution in [0.1, 0.15) is 52.8 Å². The van der Waals surface area contributed by atoms with Crippen LogP contribution in [0.4, 0.5) is 0 Å². The van der Waals surface area contributed by atoms with E-state index in [-0.39, 0.29) is 5.54 Å². The first-order valence-electron chi connectivity index (χ1n) is 7.51. The van der Waals surface area contributed by atoms with Crippen molar-refractivity contribution in [2.45, 2.75) is 58.9 Å². The number of rotatable bonds is 6. The highest BCUT2D eigenvalue weighted by molar-refractivity contribution is 4.98. The molecule has 3 nitrogen and oxygen atoms in total. The van der Waals surface area contributed by atoms with Crippen molar-refractivity contribution in [2.24, 2.45) is 18.4 Å². The van der Waals surface area contributed by atoms with Crippen LogP contribution < -0.4 is 5.32 Å². The van der Waals surface area contributed by atoms with Gasteiger partial charge < -0.3 is 9.88 Å². The van der Waals surface area contributed by atoms with Gasteiger partial charge in [-0.1, -0.05) is 6.92 Å². The SMILES string of the molecule is Cn1ccnc1CCC(C)(CNC(C)(C)C)C1CC1. The fourth-order valence-corrected chi connectivity index (χ4v) is 2.72. The van der Waals surface area contributed by atoms with Gasteiger partial charge in [-0.05, 0) is 51.4 Å². The molecule has 1 aromatic heterocycles. The van der Waals surface area contributed by atoms with Gasteiger partial charge in [0.2, 0.25) is 0 Å². The largest absolute Gasteiger partial charge is 0.338 e. The molecule has 108 valence electrons. The molecular formula is C16H29N3. The number of aromatic nitrogens is 2. The molecule has 0 spiro atoms. The van der Waals surface area contributed by atoms with E-state index in [0.717, 1.165) is 18.9 Å². The number of imidazole rings is 1. The van der Waals surface area contributed by atoms with Crippen molar-refractivity contribution in [1.82, 2.24) is 14.9 Å². The highest BCUT2D eigenvalue weighted by Gasteiger charge is 2.41. The molecule has 0 saturated heterocycles. The monoisotopic (exact) mass is 263 g/mol. The Labute approximate surface area is 117 Å². The van der Waals surface area contributed by atoms with Gasteiger partial charge in [-0.15, -0.1) is 0 Å². The van der Waals surface area contributed by atoms with Crippen LogP contribution >= 0.6 is 0 Å². The van der Waals surface area contributed by atoms with Crippen molar-refractivity contribution in [3.05, 3.63) is 18.2 Å². The van der Waals surface area contributed by atoms with E-state index in [1.165, 1.54) is 25.1 Å². The first-order valence-corrected chi connectivity index (χ1v) is 7.51. The van der Waals surface area contributed by atoms with Gasteiger partial charge in [-0.2, -0.15) is 0 Å². The van der Waals surface area contributed by atoms with E-state index in [2.05, 4.69) is 49.6 Å². The Morgan fingerprint density at radius 2 is 2.00 bits per heavy atom. The van der Waals surface area contributed by atoms with Crippen molar-refractivity contribution < 1.29 is 0 Å². The first-order chi connectivity index (χ1) is 8.80. The highest BCUT2D eigenvalue weighted by Crippen LogP contribution is 2.47. The summed E-state index contributed by atoms with van der Waals surface area (Å²) in [6.45, 7) is 10.3. The second-order valence-electron chi connectivity index (χ2n) is 7.49. The maximum absolute atomic E-state index is 4.45. The van der Waals surface area contributed by atoms with E-state index in [1.54, 1.807) is 0 Å². The molecule has 1 unspecified atom stereocenters. The third-order valence-electron chi connectivity index (χ3n) is 4.43. The van der Waals surface area contributed by atoms with Crippen LogP contribution in [0.15, 0.2) is 12.4 Å². The quantitative estimate of drug-likeness (QED) is 0.854. The molecule has 0 amide bonds. The number of nitrogens with zero attached hydrogens (tertiary/aromatic N) is 2. The van der Waals surface area contributed by atoms with E-state index < -0.39 is 0 Å². The second kappa shape index (κ2) is 5.28. The molecule has 1 aliphatic rings. The summed E-state index contributed by atoms with van der Waals surface area (Å²) in [5, 5.41) is 3.70. The molecule has 19 heavy (non-hydrogen) atoms. The molecular weight excluding hydrogens is 234 g/mol. The topological polar surface area (TPSA) is 29.9 Å². The Morgan fingerprint density at radius 1 is 1.32 bits per heavy atom. The predicted molar refractivity (Wildman–Crippen MR) is 80.1 cm³/mol. The molecule has 1 heterocycles. The first kappa shape index (κ1) is 14.6. The Bertz CT molecular complexity index is 412. The van der Waals surface area contributed by atoms with Gasteiger partial charge in [0, 0.05) is 37.9 Å². The Morgan fingerprint density at radius 3 is 2.47 bits per heavy atom. The van der Waals surface area contributed by atoms with E-state index in [4.69, 9.17) is 0 Å². The predicted octanol–water partition coefficient (Wildman–Crippen LogP) is 3.16. The van der Waals surface area contributed by atoms with E-state index in [0.29, 0.717) is 5.41 Å². The maximum Gasteiger partial charge on any atom is 0.108 e. The van der Waals surface area contributed by atoms with E-state index >= 15 is 0 Å². The lowest BCUT2D eigenvalue weighted by atomic mass is 9.79. The lowest BCUT2D eigenvalue weighted by molar-refractivity contribution is 0.211. The van der Waals surface area contributed by atoms with Gasteiger partial charge in [0.1, 0.15) is 5.82 Å². The molecule has 0 aliphatic heterocycles. The number of hydrogen-bond donors (Lipinski definition) is 1. The zero-order chi connectivity index (χ0) is 14.1. The lowest BCUT2D eigenvalue weighted by Crippen LogP contribution is -2.44. The minimum absolute atomic E-state index is 0.208. The zero-order valence-electron chi connectivity index (χ0n) is 13.2. The summed E-state index contributed by atoms with van der Waals surface area (Å²) in [7, 11) is 2.09. The van der Waals surface area contributed by atoms with Gasteiger partial charge in [0.25, 0.3) is 0 Å². The summed E-state index contributed by atoms with van der Waals surface area (Å²) in [5.74, 6) is 2.12. The van der Waals surface area contributed by atoms with Gasteiger partial charge in [-0.3, -0.25) is 0 Å². The minimum atomic E-state index is 0.208. The minimum Gasteiger partial charge on any atom is -0.338 e. The Balaban J connectivity index is 1.93. The molecule has 0 radical (unpaired) electrons. The summed E-state index contributed by atoms with van der Waals surface area (Å²) in [5.41, 5.74) is 0.624. The number of hydrogen-bond acceptors (Lipinski definition) is 2. The molecule has 0 aromatic carbocycles. The van der Waals surface area contributed by atoms with E-state index in [9.17, 15) is 0 Å². The van der Waals surface area contributed by atoms with E-state index in [1.807, 2.05) is 12.4 Å². The smallest absolute Gasteiger partial charge is 0.108 e. The maximum atomic E-state index is 4.45. The molecule has 1 aliphatic carbocycles. The molecule has 1 saturated carbocycles. The molecule has 1 fully saturated rings. The number of nitrogens with one attached hydrogen (secondary N) is 1. The molecule has 3 heteroatoms. The summed E-state index contributed by atoms with van der Waals surface area (Å²) < 4.78 is 2.14. The lowest BCUT2D eigenvalue weighted by Gasteiger charge is -2.34.